The van der Waals surface area contributed by atoms with E-state index in [0.29, 0.717) is 24.0 Å². The molecular formula is C16H16O. The van der Waals surface area contributed by atoms with Crippen molar-refractivity contribution in [3.05, 3.63) is 35.4 Å². The number of Topliss-reactive ketones (excluding diaryl/α,β-unsaturated/α-hetero) is 1. The summed E-state index contributed by atoms with van der Waals surface area (Å²) in [6.45, 7) is 1.79. The monoisotopic (exact) mass is 224 g/mol. The van der Waals surface area contributed by atoms with Gasteiger partial charge >= 0.3 is 0 Å². The Balaban J connectivity index is 1.82. The molecule has 3 unspecified atom stereocenters. The van der Waals surface area contributed by atoms with E-state index in [1.807, 2.05) is 0 Å². The fraction of sp³-hybridized carbons (Fsp3) is 0.438. The molecule has 86 valence electrons. The molecule has 1 saturated carbocycles. The smallest absolute Gasteiger partial charge is 0.148 e. The number of fused-ring (bicyclic) bond motifs is 3. The van der Waals surface area contributed by atoms with E-state index in [1.165, 1.54) is 17.5 Å². The van der Waals surface area contributed by atoms with Crippen LogP contribution in [0.4, 0.5) is 0 Å². The Morgan fingerprint density at radius 3 is 3.06 bits per heavy atom. The third kappa shape index (κ3) is 1.69. The van der Waals surface area contributed by atoms with Crippen LogP contribution in [0.25, 0.3) is 0 Å². The van der Waals surface area contributed by atoms with E-state index < -0.39 is 0 Å². The minimum Gasteiger partial charge on any atom is -0.298 e. The normalized spacial score (nSPS) is 28.4. The summed E-state index contributed by atoms with van der Waals surface area (Å²) in [4.78, 5) is 12.0. The maximum Gasteiger partial charge on any atom is 0.148 e. The minimum absolute atomic E-state index is 0.263. The lowest BCUT2D eigenvalue weighted by Crippen LogP contribution is -2.01. The van der Waals surface area contributed by atoms with Crippen molar-refractivity contribution in [1.82, 2.24) is 0 Å². The summed E-state index contributed by atoms with van der Waals surface area (Å²) in [6.07, 6.45) is 2.76. The third-order valence-corrected chi connectivity index (χ3v) is 4.14. The summed E-state index contributed by atoms with van der Waals surface area (Å²) in [6, 6.07) is 8.59. The second kappa shape index (κ2) is 4.04. The van der Waals surface area contributed by atoms with Crippen molar-refractivity contribution in [2.75, 3.05) is 0 Å². The second-order valence-corrected chi connectivity index (χ2v) is 5.02. The van der Waals surface area contributed by atoms with Gasteiger partial charge in [-0.25, -0.2) is 0 Å². The molecule has 0 radical (unpaired) electrons. The Kier molecular flexibility index (Phi) is 2.52. The molecule has 17 heavy (non-hydrogen) atoms. The van der Waals surface area contributed by atoms with Crippen molar-refractivity contribution >= 4 is 5.78 Å². The minimum atomic E-state index is 0.263. The van der Waals surface area contributed by atoms with Crippen LogP contribution in [-0.2, 0) is 11.2 Å². The van der Waals surface area contributed by atoms with Crippen LogP contribution in [0.1, 0.15) is 36.8 Å². The highest BCUT2D eigenvalue weighted by Gasteiger charge is 2.56. The topological polar surface area (TPSA) is 17.1 Å². The lowest BCUT2D eigenvalue weighted by atomic mass is 9.92. The summed E-state index contributed by atoms with van der Waals surface area (Å²) >= 11 is 0. The highest BCUT2D eigenvalue weighted by molar-refractivity contribution is 5.88. The molecule has 2 aliphatic carbocycles. The second-order valence-electron chi connectivity index (χ2n) is 5.02. The molecule has 3 rings (SSSR count). The number of hydrogen-bond acceptors (Lipinski definition) is 1. The Labute approximate surface area is 102 Å². The van der Waals surface area contributed by atoms with Gasteiger partial charge in [-0.05, 0) is 42.7 Å². The van der Waals surface area contributed by atoms with Gasteiger partial charge < -0.3 is 0 Å². The average molecular weight is 224 g/mol. The van der Waals surface area contributed by atoms with Crippen LogP contribution in [0.2, 0.25) is 0 Å². The van der Waals surface area contributed by atoms with Gasteiger partial charge in [-0.15, -0.1) is 5.92 Å². The van der Waals surface area contributed by atoms with Crippen molar-refractivity contribution in [3.63, 3.8) is 0 Å². The highest BCUT2D eigenvalue weighted by atomic mass is 16.1. The van der Waals surface area contributed by atoms with Gasteiger partial charge in [0.15, 0.2) is 0 Å². The van der Waals surface area contributed by atoms with E-state index in [1.54, 1.807) is 6.92 Å². The molecular weight excluding hydrogens is 208 g/mol. The lowest BCUT2D eigenvalue weighted by Gasteiger charge is -2.13. The van der Waals surface area contributed by atoms with Gasteiger partial charge in [-0.3, -0.25) is 4.79 Å². The van der Waals surface area contributed by atoms with Gasteiger partial charge in [0.05, 0.1) is 6.42 Å². The maximum absolute atomic E-state index is 12.0. The van der Waals surface area contributed by atoms with Gasteiger partial charge in [0, 0.05) is 5.92 Å². The Morgan fingerprint density at radius 2 is 2.24 bits per heavy atom. The first kappa shape index (κ1) is 10.6. The molecule has 2 aliphatic rings. The first-order valence-corrected chi connectivity index (χ1v) is 6.33. The van der Waals surface area contributed by atoms with Crippen molar-refractivity contribution in [2.24, 2.45) is 11.8 Å². The maximum atomic E-state index is 12.0. The van der Waals surface area contributed by atoms with Crippen LogP contribution in [0.3, 0.4) is 0 Å². The molecule has 1 aromatic rings. The molecule has 0 bridgehead atoms. The number of carbonyl (C=O) groups is 1. The van der Waals surface area contributed by atoms with Crippen molar-refractivity contribution < 1.29 is 4.79 Å². The predicted molar refractivity (Wildman–Crippen MR) is 67.6 cm³/mol. The predicted octanol–water partition coefficient (Wildman–Crippen LogP) is 2.94. The molecule has 0 spiro atoms. The molecule has 1 fully saturated rings. The quantitative estimate of drug-likeness (QED) is 0.706. The number of aryl methyl sites for hydroxylation is 1. The number of carbonyl (C=O) groups excluding carboxylic acids is 1. The van der Waals surface area contributed by atoms with Gasteiger partial charge in [0.2, 0.25) is 0 Å². The van der Waals surface area contributed by atoms with E-state index in [4.69, 9.17) is 0 Å². The fourth-order valence-corrected chi connectivity index (χ4v) is 3.30. The first-order valence-electron chi connectivity index (χ1n) is 6.33. The van der Waals surface area contributed by atoms with E-state index in [9.17, 15) is 4.79 Å². The van der Waals surface area contributed by atoms with Crippen LogP contribution in [0, 0.1) is 23.7 Å². The van der Waals surface area contributed by atoms with Crippen LogP contribution in [-0.4, -0.2) is 5.78 Å². The zero-order valence-corrected chi connectivity index (χ0v) is 10.1. The van der Waals surface area contributed by atoms with Crippen LogP contribution in [0.15, 0.2) is 24.3 Å². The highest BCUT2D eigenvalue weighted by Crippen LogP contribution is 2.60. The summed E-state index contributed by atoms with van der Waals surface area (Å²) in [5.41, 5.74) is 2.87. The Hall–Kier alpha value is -1.55. The zero-order chi connectivity index (χ0) is 11.8. The standard InChI is InChI=1S/C16H16O/c1-2-3-8-14(17)16-13-10-9-11-6-4-5-7-12(11)15(13)16/h4-7,13,15-16H,8-10H2,1H3. The van der Waals surface area contributed by atoms with Gasteiger partial charge in [-0.1, -0.05) is 30.2 Å². The van der Waals surface area contributed by atoms with Crippen molar-refractivity contribution in [1.29, 1.82) is 0 Å². The lowest BCUT2D eigenvalue weighted by molar-refractivity contribution is -0.119. The molecule has 1 aromatic carbocycles. The number of rotatable bonds is 2. The van der Waals surface area contributed by atoms with Gasteiger partial charge in [0.25, 0.3) is 0 Å². The van der Waals surface area contributed by atoms with Crippen LogP contribution < -0.4 is 0 Å². The van der Waals surface area contributed by atoms with E-state index >= 15 is 0 Å². The van der Waals surface area contributed by atoms with Gasteiger partial charge in [-0.2, -0.15) is 0 Å². The zero-order valence-electron chi connectivity index (χ0n) is 10.1. The molecule has 0 heterocycles. The molecule has 1 nitrogen and oxygen atoms in total. The summed E-state index contributed by atoms with van der Waals surface area (Å²) in [7, 11) is 0. The van der Waals surface area contributed by atoms with Crippen molar-refractivity contribution in [3.8, 4) is 11.8 Å². The largest absolute Gasteiger partial charge is 0.298 e. The Bertz CT molecular complexity index is 518. The first-order chi connectivity index (χ1) is 8.33. The molecule has 0 amide bonds. The van der Waals surface area contributed by atoms with Crippen LogP contribution >= 0.6 is 0 Å². The molecule has 0 N–H and O–H groups in total. The van der Waals surface area contributed by atoms with E-state index in [-0.39, 0.29) is 5.92 Å². The molecule has 0 aliphatic heterocycles. The molecule has 0 saturated heterocycles. The number of ketones is 1. The number of benzene rings is 1. The molecule has 0 aromatic heterocycles. The van der Waals surface area contributed by atoms with E-state index in [0.717, 1.165) is 6.42 Å². The molecule has 3 atom stereocenters. The fourth-order valence-electron chi connectivity index (χ4n) is 3.30. The van der Waals surface area contributed by atoms with Gasteiger partial charge in [0.1, 0.15) is 5.78 Å². The summed E-state index contributed by atoms with van der Waals surface area (Å²) in [5.74, 6) is 7.44. The SMILES string of the molecule is CC#CCC(=O)C1C2CCc3ccccc3C21. The third-order valence-electron chi connectivity index (χ3n) is 4.14. The molecule has 1 heteroatoms. The van der Waals surface area contributed by atoms with Crippen molar-refractivity contribution in [2.45, 2.75) is 32.1 Å². The average Bonchev–Trinajstić information content (AvgIpc) is 3.11. The Morgan fingerprint density at radius 1 is 1.41 bits per heavy atom. The van der Waals surface area contributed by atoms with Crippen LogP contribution in [0.5, 0.6) is 0 Å². The summed E-state index contributed by atoms with van der Waals surface area (Å²) in [5, 5.41) is 0. The summed E-state index contributed by atoms with van der Waals surface area (Å²) < 4.78 is 0. The van der Waals surface area contributed by atoms with E-state index in [2.05, 4.69) is 36.1 Å². The number of hydrogen-bond donors (Lipinski definition) is 0.